The van der Waals surface area contributed by atoms with E-state index in [2.05, 4.69) is 27.5 Å². The Morgan fingerprint density at radius 2 is 1.92 bits per heavy atom. The fourth-order valence-electron chi connectivity index (χ4n) is 5.57. The van der Waals surface area contributed by atoms with Crippen LogP contribution in [0.4, 0.5) is 11.4 Å². The lowest BCUT2D eigenvalue weighted by atomic mass is 9.77. The molecule has 3 aliphatic heterocycles. The van der Waals surface area contributed by atoms with Crippen molar-refractivity contribution < 1.29 is 18.7 Å². The second-order valence-corrected chi connectivity index (χ2v) is 10.6. The number of carbonyl (C=O) groups excluding carboxylic acids is 1. The molecule has 0 atom stereocenters. The molecule has 3 aliphatic rings. The lowest BCUT2D eigenvalue weighted by Crippen LogP contribution is -2.66. The first-order chi connectivity index (χ1) is 18.1. The molecule has 4 aromatic rings. The Bertz CT molecular complexity index is 1470. The van der Waals surface area contributed by atoms with Gasteiger partial charge >= 0.3 is 0 Å². The highest BCUT2D eigenvalue weighted by Crippen LogP contribution is 2.43. The molecule has 3 fully saturated rings. The average Bonchev–Trinajstić information content (AvgIpc) is 3.50. The third-order valence-electron chi connectivity index (χ3n) is 7.69. The van der Waals surface area contributed by atoms with Crippen LogP contribution in [0, 0.1) is 12.3 Å². The van der Waals surface area contributed by atoms with Crippen molar-refractivity contribution in [3.05, 3.63) is 65.9 Å². The molecular formula is C28H29N5O4. The zero-order valence-corrected chi connectivity index (χ0v) is 20.8. The number of nitrogens with one attached hydrogen (secondary N) is 1. The molecule has 190 valence electrons. The van der Waals surface area contributed by atoms with Gasteiger partial charge in [0.05, 0.1) is 35.7 Å². The van der Waals surface area contributed by atoms with Crippen molar-refractivity contribution in [3.8, 4) is 11.5 Å². The summed E-state index contributed by atoms with van der Waals surface area (Å²) in [4.78, 5) is 25.0. The first kappa shape index (κ1) is 22.5. The molecule has 7 rings (SSSR count). The monoisotopic (exact) mass is 499 g/mol. The average molecular weight is 500 g/mol. The van der Waals surface area contributed by atoms with E-state index >= 15 is 0 Å². The number of anilines is 2. The number of ether oxygens (including phenoxy) is 2. The van der Waals surface area contributed by atoms with Gasteiger partial charge in [-0.25, -0.2) is 9.97 Å². The molecule has 6 heterocycles. The van der Waals surface area contributed by atoms with Crippen LogP contribution in [-0.4, -0.2) is 59.8 Å². The van der Waals surface area contributed by atoms with Crippen LogP contribution in [0.5, 0.6) is 0 Å². The number of imidazole rings is 1. The van der Waals surface area contributed by atoms with Crippen molar-refractivity contribution in [3.63, 3.8) is 0 Å². The molecule has 0 aliphatic carbocycles. The summed E-state index contributed by atoms with van der Waals surface area (Å²) in [6.07, 6.45) is 7.40. The zero-order valence-electron chi connectivity index (χ0n) is 20.8. The van der Waals surface area contributed by atoms with E-state index in [1.165, 1.54) is 6.26 Å². The molecule has 0 radical (unpaired) electrons. The van der Waals surface area contributed by atoms with Crippen LogP contribution in [0.3, 0.4) is 0 Å². The van der Waals surface area contributed by atoms with E-state index in [0.29, 0.717) is 11.8 Å². The smallest absolute Gasteiger partial charge is 0.277 e. The molecule has 1 aromatic carbocycles. The molecule has 0 unspecified atom stereocenters. The zero-order chi connectivity index (χ0) is 25.0. The molecule has 3 aromatic heterocycles. The third-order valence-corrected chi connectivity index (χ3v) is 7.69. The van der Waals surface area contributed by atoms with Crippen LogP contribution in [0.2, 0.25) is 0 Å². The maximum atomic E-state index is 13.3. The van der Waals surface area contributed by atoms with E-state index < -0.39 is 0 Å². The van der Waals surface area contributed by atoms with Gasteiger partial charge in [0, 0.05) is 56.2 Å². The number of nitrogens with zero attached hydrogens (tertiary/aromatic N) is 4. The van der Waals surface area contributed by atoms with Crippen molar-refractivity contribution in [1.29, 1.82) is 0 Å². The SMILES string of the molecule is Cc1cccc(-c2nc(C(=O)Nc3cn4cc(C5CCOCC5)nc4cc3N3CC4(COC4)C3)co2)c1. The van der Waals surface area contributed by atoms with Crippen LogP contribution in [0.15, 0.2) is 53.4 Å². The van der Waals surface area contributed by atoms with Crippen molar-refractivity contribution >= 4 is 22.9 Å². The number of benzene rings is 1. The van der Waals surface area contributed by atoms with E-state index in [-0.39, 0.29) is 17.0 Å². The standard InChI is InChI=1S/C28H29N5O4/c1-18-3-2-4-20(9-18)27-31-23(13-37-27)26(34)30-22-12-32-11-21(19-5-7-35-8-6-19)29-25(32)10-24(22)33-14-28(15-33)16-36-17-28/h2-4,9-13,19H,5-8,14-17H2,1H3,(H,30,34). The molecule has 0 bridgehead atoms. The minimum absolute atomic E-state index is 0.239. The van der Waals surface area contributed by atoms with Gasteiger partial charge in [-0.05, 0) is 31.9 Å². The highest BCUT2D eigenvalue weighted by Gasteiger charge is 2.49. The maximum absolute atomic E-state index is 13.3. The maximum Gasteiger partial charge on any atom is 0.277 e. The van der Waals surface area contributed by atoms with Gasteiger partial charge < -0.3 is 28.5 Å². The second kappa shape index (κ2) is 8.71. The topological polar surface area (TPSA) is 94.1 Å². The van der Waals surface area contributed by atoms with E-state index in [0.717, 1.165) is 86.2 Å². The summed E-state index contributed by atoms with van der Waals surface area (Å²) in [7, 11) is 0. The number of hydrogen-bond donors (Lipinski definition) is 1. The van der Waals surface area contributed by atoms with Crippen LogP contribution < -0.4 is 10.2 Å². The van der Waals surface area contributed by atoms with Gasteiger partial charge in [0.25, 0.3) is 5.91 Å². The number of carbonyl (C=O) groups is 1. The molecule has 1 N–H and O–H groups in total. The van der Waals surface area contributed by atoms with Crippen molar-refractivity contribution in [2.75, 3.05) is 49.7 Å². The Labute approximate surface area is 214 Å². The number of pyridine rings is 1. The van der Waals surface area contributed by atoms with E-state index in [4.69, 9.17) is 18.9 Å². The van der Waals surface area contributed by atoms with Crippen molar-refractivity contribution in [2.45, 2.75) is 25.7 Å². The second-order valence-electron chi connectivity index (χ2n) is 10.6. The predicted octanol–water partition coefficient (Wildman–Crippen LogP) is 4.28. The van der Waals surface area contributed by atoms with Gasteiger partial charge in [0.2, 0.25) is 5.89 Å². The summed E-state index contributed by atoms with van der Waals surface area (Å²) < 4.78 is 18.6. The van der Waals surface area contributed by atoms with Gasteiger partial charge in [0.1, 0.15) is 11.9 Å². The quantitative estimate of drug-likeness (QED) is 0.438. The van der Waals surface area contributed by atoms with Crippen LogP contribution in [-0.2, 0) is 9.47 Å². The van der Waals surface area contributed by atoms with Crippen molar-refractivity contribution in [1.82, 2.24) is 14.4 Å². The number of aryl methyl sites for hydroxylation is 1. The molecule has 37 heavy (non-hydrogen) atoms. The Hall–Kier alpha value is -3.69. The summed E-state index contributed by atoms with van der Waals surface area (Å²) in [5.41, 5.74) is 6.06. The highest BCUT2D eigenvalue weighted by atomic mass is 16.5. The summed E-state index contributed by atoms with van der Waals surface area (Å²) in [6, 6.07) is 9.94. The number of rotatable bonds is 5. The van der Waals surface area contributed by atoms with E-state index in [1.807, 2.05) is 41.8 Å². The molecule has 0 saturated carbocycles. The van der Waals surface area contributed by atoms with E-state index in [9.17, 15) is 4.79 Å². The van der Waals surface area contributed by atoms with Crippen molar-refractivity contribution in [2.24, 2.45) is 5.41 Å². The first-order valence-corrected chi connectivity index (χ1v) is 12.8. The van der Waals surface area contributed by atoms with Gasteiger partial charge in [-0.15, -0.1) is 0 Å². The Morgan fingerprint density at radius 1 is 1.08 bits per heavy atom. The largest absolute Gasteiger partial charge is 0.444 e. The summed E-state index contributed by atoms with van der Waals surface area (Å²) in [5.74, 6) is 0.509. The molecule has 9 nitrogen and oxygen atoms in total. The normalized spacial score (nSPS) is 19.1. The van der Waals surface area contributed by atoms with Crippen LogP contribution >= 0.6 is 0 Å². The Kier molecular flexibility index (Phi) is 5.30. The van der Waals surface area contributed by atoms with Gasteiger partial charge in [-0.3, -0.25) is 4.79 Å². The molecular weight excluding hydrogens is 470 g/mol. The van der Waals surface area contributed by atoms with Gasteiger partial charge in [0.15, 0.2) is 5.69 Å². The first-order valence-electron chi connectivity index (χ1n) is 12.8. The van der Waals surface area contributed by atoms with Gasteiger partial charge in [-0.1, -0.05) is 17.7 Å². The summed E-state index contributed by atoms with van der Waals surface area (Å²) in [6.45, 7) is 6.95. The number of aromatic nitrogens is 3. The number of amides is 1. The lowest BCUT2D eigenvalue weighted by Gasteiger charge is -2.56. The predicted molar refractivity (Wildman–Crippen MR) is 138 cm³/mol. The molecule has 1 spiro atoms. The van der Waals surface area contributed by atoms with Gasteiger partial charge in [-0.2, -0.15) is 0 Å². The Morgan fingerprint density at radius 3 is 2.68 bits per heavy atom. The summed E-state index contributed by atoms with van der Waals surface area (Å²) >= 11 is 0. The molecule has 3 saturated heterocycles. The lowest BCUT2D eigenvalue weighted by molar-refractivity contribution is -0.126. The van der Waals surface area contributed by atoms with Crippen LogP contribution in [0.1, 0.15) is 40.5 Å². The Balaban J connectivity index is 1.19. The molecule has 9 heteroatoms. The fourth-order valence-corrected chi connectivity index (χ4v) is 5.57. The minimum atomic E-state index is -0.310. The number of fused-ring (bicyclic) bond motifs is 1. The number of hydrogen-bond acceptors (Lipinski definition) is 7. The molecule has 1 amide bonds. The fraction of sp³-hybridized carbons (Fsp3) is 0.393. The number of oxazole rings is 1. The highest BCUT2D eigenvalue weighted by molar-refractivity contribution is 6.05. The van der Waals surface area contributed by atoms with Crippen LogP contribution in [0.25, 0.3) is 17.1 Å². The van der Waals surface area contributed by atoms with E-state index in [1.54, 1.807) is 0 Å². The minimum Gasteiger partial charge on any atom is -0.444 e. The summed E-state index contributed by atoms with van der Waals surface area (Å²) in [5, 5.41) is 3.09. The third kappa shape index (κ3) is 4.08.